The third-order valence-electron chi connectivity index (χ3n) is 5.26. The van der Waals surface area contributed by atoms with Crippen LogP contribution in [0.1, 0.15) is 43.6 Å². The fourth-order valence-electron chi connectivity index (χ4n) is 3.87. The van der Waals surface area contributed by atoms with Gasteiger partial charge in [0.25, 0.3) is 0 Å². The summed E-state index contributed by atoms with van der Waals surface area (Å²) in [5, 5.41) is 0. The Labute approximate surface area is 155 Å². The maximum atomic E-state index is 12.3. The molecule has 0 N–H and O–H groups in total. The number of hydrogen-bond donors (Lipinski definition) is 0. The van der Waals surface area contributed by atoms with Crippen LogP contribution in [0.25, 0.3) is 0 Å². The van der Waals surface area contributed by atoms with Crippen molar-refractivity contribution in [2.24, 2.45) is 0 Å². The average Bonchev–Trinajstić information content (AvgIpc) is 3.07. The van der Waals surface area contributed by atoms with E-state index in [0.717, 1.165) is 19.7 Å². The summed E-state index contributed by atoms with van der Waals surface area (Å²) >= 11 is 0. The molecule has 1 amide bonds. The molecule has 3 heterocycles. The van der Waals surface area contributed by atoms with E-state index in [1.54, 1.807) is 0 Å². The smallest absolute Gasteiger partial charge is 0.410 e. The van der Waals surface area contributed by atoms with Crippen molar-refractivity contribution in [1.82, 2.24) is 9.80 Å². The van der Waals surface area contributed by atoms with Gasteiger partial charge >= 0.3 is 6.09 Å². The molecule has 4 rings (SSSR count). The second-order valence-corrected chi connectivity index (χ2v) is 8.42. The third kappa shape index (κ3) is 3.72. The molecule has 142 valence electrons. The molecule has 0 spiro atoms. The van der Waals surface area contributed by atoms with Gasteiger partial charge in [-0.2, -0.15) is 0 Å². The molecule has 2 saturated heterocycles. The molecule has 26 heavy (non-hydrogen) atoms. The Hall–Kier alpha value is -1.63. The number of rotatable bonds is 1. The topological polar surface area (TPSA) is 51.2 Å². The van der Waals surface area contributed by atoms with E-state index in [4.69, 9.17) is 14.2 Å². The first-order chi connectivity index (χ1) is 12.4. The normalized spacial score (nSPS) is 26.3. The first kappa shape index (κ1) is 17.8. The van der Waals surface area contributed by atoms with Crippen LogP contribution >= 0.6 is 0 Å². The standard InChI is InChI=1S/C20H28N2O4/c1-20(2,3)26-19(23)22-7-6-21-10-18(25-13-17(21)9-22)14-4-5-15-11-24-12-16(15)8-14/h4-5,8,17-18H,6-7,9-13H2,1-3H3/t17-,18+/m0/s1. The van der Waals surface area contributed by atoms with Crippen molar-refractivity contribution in [2.45, 2.75) is 51.7 Å². The van der Waals surface area contributed by atoms with Gasteiger partial charge in [-0.15, -0.1) is 0 Å². The van der Waals surface area contributed by atoms with Crippen molar-refractivity contribution < 1.29 is 19.0 Å². The van der Waals surface area contributed by atoms with Gasteiger partial charge in [-0.1, -0.05) is 18.2 Å². The summed E-state index contributed by atoms with van der Waals surface area (Å²) in [6.07, 6.45) is -0.136. The van der Waals surface area contributed by atoms with Crippen LogP contribution in [-0.4, -0.2) is 60.3 Å². The van der Waals surface area contributed by atoms with Crippen molar-refractivity contribution in [3.63, 3.8) is 0 Å². The first-order valence-electron chi connectivity index (χ1n) is 9.42. The minimum atomic E-state index is -0.459. The fourth-order valence-corrected chi connectivity index (χ4v) is 3.87. The van der Waals surface area contributed by atoms with E-state index in [0.29, 0.717) is 26.3 Å². The van der Waals surface area contributed by atoms with Crippen molar-refractivity contribution in [3.05, 3.63) is 34.9 Å². The van der Waals surface area contributed by atoms with E-state index < -0.39 is 5.60 Å². The maximum absolute atomic E-state index is 12.3. The lowest BCUT2D eigenvalue weighted by Gasteiger charge is -2.46. The molecule has 6 heteroatoms. The summed E-state index contributed by atoms with van der Waals surface area (Å²) in [5.74, 6) is 0. The second-order valence-electron chi connectivity index (χ2n) is 8.42. The highest BCUT2D eigenvalue weighted by molar-refractivity contribution is 5.68. The minimum Gasteiger partial charge on any atom is -0.444 e. The van der Waals surface area contributed by atoms with Crippen LogP contribution in [0, 0.1) is 0 Å². The summed E-state index contributed by atoms with van der Waals surface area (Å²) in [7, 11) is 0. The lowest BCUT2D eigenvalue weighted by Crippen LogP contribution is -2.60. The SMILES string of the molecule is CC(C)(C)OC(=O)N1CCN2C[C@H](c3ccc4c(c3)COC4)OC[C@@H]2C1. The number of amides is 1. The van der Waals surface area contributed by atoms with Gasteiger partial charge in [0.1, 0.15) is 5.60 Å². The van der Waals surface area contributed by atoms with Gasteiger partial charge < -0.3 is 19.1 Å². The minimum absolute atomic E-state index is 0.0882. The molecule has 6 nitrogen and oxygen atoms in total. The molecule has 3 aliphatic rings. The molecule has 1 aromatic carbocycles. The van der Waals surface area contributed by atoms with Crippen molar-refractivity contribution in [2.75, 3.05) is 32.8 Å². The van der Waals surface area contributed by atoms with E-state index in [2.05, 4.69) is 23.1 Å². The Morgan fingerprint density at radius 1 is 1.15 bits per heavy atom. The number of morpholine rings is 1. The largest absolute Gasteiger partial charge is 0.444 e. The number of piperazine rings is 1. The van der Waals surface area contributed by atoms with E-state index in [-0.39, 0.29) is 18.2 Å². The van der Waals surface area contributed by atoms with Crippen LogP contribution in [-0.2, 0) is 27.4 Å². The Morgan fingerprint density at radius 3 is 2.77 bits per heavy atom. The number of carbonyl (C=O) groups excluding carboxylic acids is 1. The van der Waals surface area contributed by atoms with Gasteiger partial charge in [-0.3, -0.25) is 4.90 Å². The highest BCUT2D eigenvalue weighted by Crippen LogP contribution is 2.30. The molecule has 0 bridgehead atoms. The zero-order valence-corrected chi connectivity index (χ0v) is 15.9. The van der Waals surface area contributed by atoms with E-state index in [9.17, 15) is 4.79 Å². The second kappa shape index (κ2) is 6.83. The highest BCUT2D eigenvalue weighted by atomic mass is 16.6. The molecule has 0 unspecified atom stereocenters. The summed E-state index contributed by atoms with van der Waals surface area (Å²) in [6, 6.07) is 6.79. The molecular weight excluding hydrogens is 332 g/mol. The predicted molar refractivity (Wildman–Crippen MR) is 96.8 cm³/mol. The van der Waals surface area contributed by atoms with Gasteiger partial charge in [0.05, 0.1) is 32.0 Å². The van der Waals surface area contributed by atoms with E-state index >= 15 is 0 Å². The fraction of sp³-hybridized carbons (Fsp3) is 0.650. The zero-order valence-electron chi connectivity index (χ0n) is 15.9. The average molecular weight is 360 g/mol. The van der Waals surface area contributed by atoms with Crippen LogP contribution in [0.5, 0.6) is 0 Å². The molecule has 1 aromatic rings. The van der Waals surface area contributed by atoms with Crippen LogP contribution < -0.4 is 0 Å². The van der Waals surface area contributed by atoms with Crippen LogP contribution in [0.15, 0.2) is 18.2 Å². The number of hydrogen-bond acceptors (Lipinski definition) is 5. The lowest BCUT2D eigenvalue weighted by molar-refractivity contribution is -0.0906. The molecule has 2 fully saturated rings. The zero-order chi connectivity index (χ0) is 18.3. The van der Waals surface area contributed by atoms with Gasteiger partial charge in [-0.05, 0) is 37.5 Å². The van der Waals surface area contributed by atoms with Gasteiger partial charge in [-0.25, -0.2) is 4.79 Å². The van der Waals surface area contributed by atoms with Gasteiger partial charge in [0.15, 0.2) is 0 Å². The summed E-state index contributed by atoms with van der Waals surface area (Å²) < 4.78 is 17.2. The summed E-state index contributed by atoms with van der Waals surface area (Å²) in [4.78, 5) is 16.6. The highest BCUT2D eigenvalue weighted by Gasteiger charge is 2.37. The maximum Gasteiger partial charge on any atom is 0.410 e. The monoisotopic (exact) mass is 360 g/mol. The van der Waals surface area contributed by atoms with Crippen molar-refractivity contribution >= 4 is 6.09 Å². The molecular formula is C20H28N2O4. The van der Waals surface area contributed by atoms with Crippen LogP contribution in [0.2, 0.25) is 0 Å². The Bertz CT molecular complexity index is 685. The lowest BCUT2D eigenvalue weighted by atomic mass is 10.00. The van der Waals surface area contributed by atoms with Crippen molar-refractivity contribution in [3.8, 4) is 0 Å². The molecule has 0 aromatic heterocycles. The number of fused-ring (bicyclic) bond motifs is 2. The first-order valence-corrected chi connectivity index (χ1v) is 9.42. The molecule has 2 atom stereocenters. The van der Waals surface area contributed by atoms with Crippen molar-refractivity contribution in [1.29, 1.82) is 0 Å². The molecule has 0 saturated carbocycles. The van der Waals surface area contributed by atoms with Gasteiger partial charge in [0, 0.05) is 26.2 Å². The van der Waals surface area contributed by atoms with E-state index in [1.165, 1.54) is 16.7 Å². The molecule has 0 radical (unpaired) electrons. The quantitative estimate of drug-likeness (QED) is 0.771. The van der Waals surface area contributed by atoms with E-state index in [1.807, 2.05) is 25.7 Å². The number of nitrogens with zero attached hydrogens (tertiary/aromatic N) is 2. The Kier molecular flexibility index (Phi) is 4.67. The number of carbonyl (C=O) groups is 1. The Morgan fingerprint density at radius 2 is 1.96 bits per heavy atom. The molecule has 3 aliphatic heterocycles. The number of ether oxygens (including phenoxy) is 3. The third-order valence-corrected chi connectivity index (χ3v) is 5.26. The molecule has 0 aliphatic carbocycles. The predicted octanol–water partition coefficient (Wildman–Crippen LogP) is 2.71. The summed E-state index contributed by atoms with van der Waals surface area (Å²) in [5.41, 5.74) is 3.33. The van der Waals surface area contributed by atoms with Gasteiger partial charge in [0.2, 0.25) is 0 Å². The number of benzene rings is 1. The van der Waals surface area contributed by atoms with Crippen LogP contribution in [0.4, 0.5) is 4.79 Å². The van der Waals surface area contributed by atoms with Crippen LogP contribution in [0.3, 0.4) is 0 Å². The Balaban J connectivity index is 1.37. The summed E-state index contributed by atoms with van der Waals surface area (Å²) in [6.45, 7) is 10.9.